The number of rotatable bonds is 6. The Labute approximate surface area is 165 Å². The maximum absolute atomic E-state index is 12.7. The van der Waals surface area contributed by atoms with Gasteiger partial charge in [-0.1, -0.05) is 24.3 Å². The molecule has 0 unspecified atom stereocenters. The number of amides is 1. The number of hydrogen-bond acceptors (Lipinski definition) is 4. The van der Waals surface area contributed by atoms with Gasteiger partial charge in [0, 0.05) is 11.9 Å². The molecule has 0 saturated carbocycles. The van der Waals surface area contributed by atoms with E-state index >= 15 is 0 Å². The number of aryl methyl sites for hydroxylation is 2. The molecule has 0 aliphatic heterocycles. The van der Waals surface area contributed by atoms with Crippen molar-refractivity contribution in [3.8, 4) is 5.75 Å². The molecule has 1 heterocycles. The molecule has 28 heavy (non-hydrogen) atoms. The zero-order valence-corrected chi connectivity index (χ0v) is 16.6. The van der Waals surface area contributed by atoms with E-state index in [1.54, 1.807) is 18.5 Å². The fourth-order valence-electron chi connectivity index (χ4n) is 2.78. The molecule has 1 aromatic heterocycles. The lowest BCUT2D eigenvalue weighted by Gasteiger charge is -2.15. The summed E-state index contributed by atoms with van der Waals surface area (Å²) in [5.74, 6) is 0.403. The Balaban J connectivity index is 1.79. The normalized spacial score (nSPS) is 10.6. The highest BCUT2D eigenvalue weighted by Gasteiger charge is 2.12. The lowest BCUT2D eigenvalue weighted by atomic mass is 10.1. The number of pyridine rings is 1. The van der Waals surface area contributed by atoms with Crippen molar-refractivity contribution < 1.29 is 9.53 Å². The van der Waals surface area contributed by atoms with Crippen molar-refractivity contribution in [2.24, 2.45) is 0 Å². The Morgan fingerprint density at radius 2 is 1.79 bits per heavy atom. The highest BCUT2D eigenvalue weighted by Crippen LogP contribution is 2.26. The average Bonchev–Trinajstić information content (AvgIpc) is 2.66. The van der Waals surface area contributed by atoms with Gasteiger partial charge in [0.05, 0.1) is 29.2 Å². The minimum absolute atomic E-state index is 0.0183. The van der Waals surface area contributed by atoms with Gasteiger partial charge in [-0.15, -0.1) is 0 Å². The minimum Gasteiger partial charge on any atom is -0.489 e. The van der Waals surface area contributed by atoms with E-state index in [9.17, 15) is 4.79 Å². The summed E-state index contributed by atoms with van der Waals surface area (Å²) in [6.07, 6.45) is 3.27. The van der Waals surface area contributed by atoms with Crippen molar-refractivity contribution in [3.05, 3.63) is 77.6 Å². The van der Waals surface area contributed by atoms with Gasteiger partial charge in [-0.05, 0) is 63.1 Å². The van der Waals surface area contributed by atoms with Crippen LogP contribution in [0.15, 0.2) is 60.9 Å². The Bertz CT molecular complexity index is 983. The number of carbonyl (C=O) groups is 1. The van der Waals surface area contributed by atoms with E-state index in [2.05, 4.69) is 33.8 Å². The van der Waals surface area contributed by atoms with E-state index in [0.717, 1.165) is 22.5 Å². The molecule has 0 radical (unpaired) electrons. The molecule has 2 aromatic carbocycles. The number of nitrogens with one attached hydrogen (secondary N) is 2. The highest BCUT2D eigenvalue weighted by atomic mass is 16.5. The second-order valence-electron chi connectivity index (χ2n) is 7.02. The van der Waals surface area contributed by atoms with E-state index in [1.165, 1.54) is 0 Å². The van der Waals surface area contributed by atoms with Crippen molar-refractivity contribution in [1.82, 2.24) is 4.98 Å². The van der Waals surface area contributed by atoms with Crippen LogP contribution in [0.2, 0.25) is 0 Å². The summed E-state index contributed by atoms with van der Waals surface area (Å²) in [5.41, 5.74) is 5.14. The topological polar surface area (TPSA) is 63.2 Å². The first kappa shape index (κ1) is 19.4. The van der Waals surface area contributed by atoms with E-state index < -0.39 is 0 Å². The van der Waals surface area contributed by atoms with Gasteiger partial charge in [-0.2, -0.15) is 0 Å². The minimum atomic E-state index is -0.239. The lowest BCUT2D eigenvalue weighted by molar-refractivity contribution is 0.102. The van der Waals surface area contributed by atoms with Crippen LogP contribution in [0.4, 0.5) is 17.1 Å². The van der Waals surface area contributed by atoms with E-state index in [4.69, 9.17) is 4.74 Å². The first-order valence-electron chi connectivity index (χ1n) is 9.29. The van der Waals surface area contributed by atoms with E-state index in [-0.39, 0.29) is 12.0 Å². The molecule has 0 spiro atoms. The molecule has 0 aliphatic rings. The Morgan fingerprint density at radius 3 is 2.57 bits per heavy atom. The number of nitrogens with zero attached hydrogens (tertiary/aromatic N) is 1. The molecular weight excluding hydrogens is 350 g/mol. The second kappa shape index (κ2) is 8.57. The summed E-state index contributed by atoms with van der Waals surface area (Å²) < 4.78 is 5.77. The molecule has 0 bridgehead atoms. The zero-order chi connectivity index (χ0) is 20.1. The van der Waals surface area contributed by atoms with Crippen molar-refractivity contribution in [3.63, 3.8) is 0 Å². The number of aromatic nitrogens is 1. The van der Waals surface area contributed by atoms with Gasteiger partial charge in [0.25, 0.3) is 5.91 Å². The number of para-hydroxylation sites is 2. The zero-order valence-electron chi connectivity index (χ0n) is 16.6. The van der Waals surface area contributed by atoms with Gasteiger partial charge < -0.3 is 15.4 Å². The van der Waals surface area contributed by atoms with Crippen molar-refractivity contribution in [2.45, 2.75) is 33.8 Å². The smallest absolute Gasteiger partial charge is 0.257 e. The van der Waals surface area contributed by atoms with Gasteiger partial charge in [-0.25, -0.2) is 0 Å². The molecule has 2 N–H and O–H groups in total. The SMILES string of the molecule is Cc1ccc(C)c(Nc2cncc(C(=O)Nc3ccccc3OC(C)C)c2)c1. The van der Waals surface area contributed by atoms with Crippen LogP contribution in [-0.2, 0) is 0 Å². The fourth-order valence-corrected chi connectivity index (χ4v) is 2.78. The number of ether oxygens (including phenoxy) is 1. The van der Waals surface area contributed by atoms with Crippen LogP contribution in [0, 0.1) is 13.8 Å². The summed E-state index contributed by atoms with van der Waals surface area (Å²) in [4.78, 5) is 17.0. The third-order valence-electron chi connectivity index (χ3n) is 4.17. The average molecular weight is 375 g/mol. The third-order valence-corrected chi connectivity index (χ3v) is 4.17. The molecule has 144 valence electrons. The van der Waals surface area contributed by atoms with Crippen LogP contribution in [0.5, 0.6) is 5.75 Å². The molecule has 1 amide bonds. The number of benzene rings is 2. The van der Waals surface area contributed by atoms with Crippen molar-refractivity contribution >= 4 is 23.0 Å². The predicted octanol–water partition coefficient (Wildman–Crippen LogP) is 5.48. The predicted molar refractivity (Wildman–Crippen MR) is 114 cm³/mol. The summed E-state index contributed by atoms with van der Waals surface area (Å²) in [5, 5.41) is 6.25. The van der Waals surface area contributed by atoms with Crippen LogP contribution in [0.25, 0.3) is 0 Å². The summed E-state index contributed by atoms with van der Waals surface area (Å²) in [6.45, 7) is 7.98. The fraction of sp³-hybridized carbons (Fsp3) is 0.217. The maximum atomic E-state index is 12.7. The van der Waals surface area contributed by atoms with Gasteiger partial charge in [0.15, 0.2) is 0 Å². The monoisotopic (exact) mass is 375 g/mol. The number of carbonyl (C=O) groups excluding carboxylic acids is 1. The molecule has 3 rings (SSSR count). The van der Waals surface area contributed by atoms with Gasteiger partial charge in [0.2, 0.25) is 0 Å². The molecule has 0 fully saturated rings. The molecule has 5 heteroatoms. The van der Waals surface area contributed by atoms with Crippen molar-refractivity contribution in [2.75, 3.05) is 10.6 Å². The van der Waals surface area contributed by atoms with Gasteiger partial charge in [0.1, 0.15) is 5.75 Å². The standard InChI is InChI=1S/C23H25N3O2/c1-15(2)28-22-8-6-5-7-20(22)26-23(27)18-12-19(14-24-13-18)25-21-11-16(3)9-10-17(21)4/h5-15,25H,1-4H3,(H,26,27). The van der Waals surface area contributed by atoms with Gasteiger partial charge >= 0.3 is 0 Å². The second-order valence-corrected chi connectivity index (χ2v) is 7.02. The molecule has 0 aliphatic carbocycles. The lowest BCUT2D eigenvalue weighted by Crippen LogP contribution is -2.15. The molecule has 0 atom stereocenters. The molecule has 5 nitrogen and oxygen atoms in total. The van der Waals surface area contributed by atoms with E-state index in [1.807, 2.05) is 52.0 Å². The Hall–Kier alpha value is -3.34. The Kier molecular flexibility index (Phi) is 5.94. The molecule has 3 aromatic rings. The quantitative estimate of drug-likeness (QED) is 0.599. The van der Waals surface area contributed by atoms with Crippen LogP contribution >= 0.6 is 0 Å². The van der Waals surface area contributed by atoms with Gasteiger partial charge in [-0.3, -0.25) is 9.78 Å². The van der Waals surface area contributed by atoms with E-state index in [0.29, 0.717) is 17.0 Å². The molecular formula is C23H25N3O2. The van der Waals surface area contributed by atoms with Crippen LogP contribution in [0.3, 0.4) is 0 Å². The first-order valence-corrected chi connectivity index (χ1v) is 9.29. The Morgan fingerprint density at radius 1 is 1.00 bits per heavy atom. The third kappa shape index (κ3) is 4.88. The van der Waals surface area contributed by atoms with Crippen LogP contribution in [0.1, 0.15) is 35.3 Å². The number of hydrogen-bond donors (Lipinski definition) is 2. The van der Waals surface area contributed by atoms with Crippen LogP contribution in [-0.4, -0.2) is 17.0 Å². The van der Waals surface area contributed by atoms with Crippen molar-refractivity contribution in [1.29, 1.82) is 0 Å². The summed E-state index contributed by atoms with van der Waals surface area (Å²) in [7, 11) is 0. The summed E-state index contributed by atoms with van der Waals surface area (Å²) in [6, 6.07) is 15.4. The molecule has 0 saturated heterocycles. The highest BCUT2D eigenvalue weighted by molar-refractivity contribution is 6.05. The number of anilines is 3. The largest absolute Gasteiger partial charge is 0.489 e. The summed E-state index contributed by atoms with van der Waals surface area (Å²) >= 11 is 0. The van der Waals surface area contributed by atoms with Crippen LogP contribution < -0.4 is 15.4 Å². The first-order chi connectivity index (χ1) is 13.4. The maximum Gasteiger partial charge on any atom is 0.257 e.